The van der Waals surface area contributed by atoms with Crippen molar-refractivity contribution >= 4 is 0 Å². The van der Waals surface area contributed by atoms with Crippen LogP contribution >= 0.6 is 0 Å². The molecule has 1 N–H and O–H groups in total. The Kier molecular flexibility index (Phi) is 3.76. The van der Waals surface area contributed by atoms with Crippen LogP contribution in [0.2, 0.25) is 0 Å². The predicted molar refractivity (Wildman–Crippen MR) is 75.3 cm³/mol. The lowest BCUT2D eigenvalue weighted by atomic mass is 9.70. The van der Waals surface area contributed by atoms with Crippen molar-refractivity contribution in [2.75, 3.05) is 13.1 Å². The molecule has 0 aromatic heterocycles. The molecule has 2 fully saturated rings. The lowest BCUT2D eigenvalue weighted by Crippen LogP contribution is -2.40. The highest BCUT2D eigenvalue weighted by atomic mass is 16.5. The Hall–Kier alpha value is -0.520. The van der Waals surface area contributed by atoms with Crippen molar-refractivity contribution in [3.8, 4) is 12.3 Å². The highest BCUT2D eigenvalue weighted by Gasteiger charge is 2.62. The summed E-state index contributed by atoms with van der Waals surface area (Å²) in [5, 5.41) is 3.22. The summed E-state index contributed by atoms with van der Waals surface area (Å²) in [4.78, 5) is 0. The molecule has 2 heteroatoms. The molecule has 2 aliphatic carbocycles. The van der Waals surface area contributed by atoms with Crippen LogP contribution in [0.3, 0.4) is 0 Å². The van der Waals surface area contributed by atoms with Crippen LogP contribution < -0.4 is 5.32 Å². The largest absolute Gasteiger partial charge is 0.373 e. The van der Waals surface area contributed by atoms with Crippen LogP contribution in [0.25, 0.3) is 0 Å². The average molecular weight is 249 g/mol. The van der Waals surface area contributed by atoms with Gasteiger partial charge in [-0.2, -0.15) is 0 Å². The maximum atomic E-state index is 6.30. The molecule has 102 valence electrons. The van der Waals surface area contributed by atoms with Crippen molar-refractivity contribution in [3.05, 3.63) is 0 Å². The summed E-state index contributed by atoms with van der Waals surface area (Å²) in [5.74, 6) is 3.44. The minimum Gasteiger partial charge on any atom is -0.373 e. The van der Waals surface area contributed by atoms with Crippen LogP contribution in [0.4, 0.5) is 0 Å². The monoisotopic (exact) mass is 249 g/mol. The summed E-state index contributed by atoms with van der Waals surface area (Å²) in [6.07, 6.45) is 9.84. The van der Waals surface area contributed by atoms with Crippen molar-refractivity contribution in [1.29, 1.82) is 0 Å². The van der Waals surface area contributed by atoms with E-state index in [0.717, 1.165) is 12.5 Å². The van der Waals surface area contributed by atoms with Crippen LogP contribution in [0, 0.1) is 29.1 Å². The van der Waals surface area contributed by atoms with Crippen LogP contribution in [0.1, 0.15) is 47.0 Å². The number of hydrogen-bond donors (Lipinski definition) is 1. The van der Waals surface area contributed by atoms with E-state index in [2.05, 4.69) is 38.9 Å². The zero-order valence-electron chi connectivity index (χ0n) is 12.3. The molecule has 2 bridgehead atoms. The van der Waals surface area contributed by atoms with E-state index in [1.807, 2.05) is 0 Å². The zero-order chi connectivity index (χ0) is 13.4. The molecular weight excluding hydrogens is 222 g/mol. The highest BCUT2D eigenvalue weighted by molar-refractivity contribution is 5.11. The second-order valence-corrected chi connectivity index (χ2v) is 6.88. The summed E-state index contributed by atoms with van der Waals surface area (Å²) in [6.45, 7) is 10.9. The third-order valence-corrected chi connectivity index (χ3v) is 5.77. The van der Waals surface area contributed by atoms with Crippen molar-refractivity contribution in [2.45, 2.75) is 59.2 Å². The van der Waals surface area contributed by atoms with Crippen LogP contribution in [-0.4, -0.2) is 25.3 Å². The minimum absolute atomic E-state index is 0.246. The third-order valence-electron chi connectivity index (χ3n) is 5.77. The normalized spacial score (nSPS) is 38.6. The van der Waals surface area contributed by atoms with Gasteiger partial charge in [0.25, 0.3) is 0 Å². The van der Waals surface area contributed by atoms with Gasteiger partial charge in [0.05, 0.1) is 18.8 Å². The Bertz CT molecular complexity index is 343. The molecule has 0 radical (unpaired) electrons. The molecule has 2 nitrogen and oxygen atoms in total. The van der Waals surface area contributed by atoms with Gasteiger partial charge in [-0.05, 0) is 42.9 Å². The molecule has 0 amide bonds. The SMILES string of the molecule is C#CCNCC(C)OC1CC2CCC1(C)C2(C)C. The molecule has 4 atom stereocenters. The lowest BCUT2D eigenvalue weighted by molar-refractivity contribution is -0.0788. The first-order valence-corrected chi connectivity index (χ1v) is 7.21. The van der Waals surface area contributed by atoms with Gasteiger partial charge in [0.1, 0.15) is 0 Å². The Morgan fingerprint density at radius 3 is 2.67 bits per heavy atom. The molecule has 2 saturated carbocycles. The minimum atomic E-state index is 0.246. The second kappa shape index (κ2) is 4.87. The van der Waals surface area contributed by atoms with Gasteiger partial charge in [-0.15, -0.1) is 6.42 Å². The predicted octanol–water partition coefficient (Wildman–Crippen LogP) is 2.83. The first-order chi connectivity index (χ1) is 8.41. The summed E-state index contributed by atoms with van der Waals surface area (Å²) in [7, 11) is 0. The standard InChI is InChI=1S/C16H27NO/c1-6-9-17-11-12(2)18-14-10-13-7-8-16(14,5)15(13,3)4/h1,12-14,17H,7-11H2,2-5H3. The molecule has 18 heavy (non-hydrogen) atoms. The number of nitrogens with one attached hydrogen (secondary N) is 1. The van der Waals surface area contributed by atoms with Crippen LogP contribution in [-0.2, 0) is 4.74 Å². The van der Waals surface area contributed by atoms with Crippen molar-refractivity contribution in [3.63, 3.8) is 0 Å². The van der Waals surface area contributed by atoms with E-state index in [0.29, 0.717) is 23.5 Å². The van der Waals surface area contributed by atoms with E-state index in [9.17, 15) is 0 Å². The molecule has 4 unspecified atom stereocenters. The van der Waals surface area contributed by atoms with E-state index in [4.69, 9.17) is 11.2 Å². The lowest BCUT2D eigenvalue weighted by Gasteiger charge is -2.40. The number of rotatable bonds is 5. The van der Waals surface area contributed by atoms with E-state index in [1.165, 1.54) is 19.3 Å². The third kappa shape index (κ3) is 2.08. The maximum absolute atomic E-state index is 6.30. The fraction of sp³-hybridized carbons (Fsp3) is 0.875. The number of fused-ring (bicyclic) bond motifs is 2. The Morgan fingerprint density at radius 2 is 2.17 bits per heavy atom. The molecule has 0 spiro atoms. The quantitative estimate of drug-likeness (QED) is 0.597. The van der Waals surface area contributed by atoms with E-state index >= 15 is 0 Å². The van der Waals surface area contributed by atoms with Gasteiger partial charge in [0, 0.05) is 6.54 Å². The average Bonchev–Trinajstić information content (AvgIpc) is 2.62. The van der Waals surface area contributed by atoms with Crippen molar-refractivity contribution < 1.29 is 4.74 Å². The number of terminal acetylenes is 1. The van der Waals surface area contributed by atoms with Gasteiger partial charge in [-0.1, -0.05) is 26.7 Å². The molecule has 0 aromatic rings. The molecule has 2 aliphatic rings. The number of hydrogen-bond acceptors (Lipinski definition) is 2. The van der Waals surface area contributed by atoms with Gasteiger partial charge < -0.3 is 10.1 Å². The smallest absolute Gasteiger partial charge is 0.0675 e. The van der Waals surface area contributed by atoms with E-state index in [-0.39, 0.29) is 6.10 Å². The first-order valence-electron chi connectivity index (χ1n) is 7.21. The molecule has 2 rings (SSSR count). The molecule has 0 aliphatic heterocycles. The Balaban J connectivity index is 1.90. The molecular formula is C16H27NO. The summed E-state index contributed by atoms with van der Waals surface area (Å²) < 4.78 is 6.30. The Morgan fingerprint density at radius 1 is 1.44 bits per heavy atom. The highest BCUT2D eigenvalue weighted by Crippen LogP contribution is 2.66. The summed E-state index contributed by atoms with van der Waals surface area (Å²) >= 11 is 0. The van der Waals surface area contributed by atoms with Crippen LogP contribution in [0.15, 0.2) is 0 Å². The molecule has 0 heterocycles. The van der Waals surface area contributed by atoms with Gasteiger partial charge in [0.2, 0.25) is 0 Å². The van der Waals surface area contributed by atoms with Gasteiger partial charge in [-0.3, -0.25) is 0 Å². The van der Waals surface area contributed by atoms with Crippen molar-refractivity contribution in [1.82, 2.24) is 5.32 Å². The van der Waals surface area contributed by atoms with Gasteiger partial charge in [-0.25, -0.2) is 0 Å². The van der Waals surface area contributed by atoms with Crippen LogP contribution in [0.5, 0.6) is 0 Å². The first kappa shape index (κ1) is 13.9. The maximum Gasteiger partial charge on any atom is 0.0675 e. The van der Waals surface area contributed by atoms with Gasteiger partial charge in [0.15, 0.2) is 0 Å². The van der Waals surface area contributed by atoms with E-state index in [1.54, 1.807) is 0 Å². The Labute approximate surface area is 112 Å². The van der Waals surface area contributed by atoms with Crippen molar-refractivity contribution in [2.24, 2.45) is 16.7 Å². The number of ether oxygens (including phenoxy) is 1. The van der Waals surface area contributed by atoms with Gasteiger partial charge >= 0.3 is 0 Å². The fourth-order valence-electron chi connectivity index (χ4n) is 4.01. The fourth-order valence-corrected chi connectivity index (χ4v) is 4.01. The topological polar surface area (TPSA) is 21.3 Å². The second-order valence-electron chi connectivity index (χ2n) is 6.88. The molecule has 0 saturated heterocycles. The summed E-state index contributed by atoms with van der Waals surface area (Å²) in [6, 6.07) is 0. The zero-order valence-corrected chi connectivity index (χ0v) is 12.3. The molecule has 0 aromatic carbocycles. The summed E-state index contributed by atoms with van der Waals surface area (Å²) in [5.41, 5.74) is 0.793. The van der Waals surface area contributed by atoms with E-state index < -0.39 is 0 Å².